The maximum atomic E-state index is 11.4. The molecule has 0 saturated heterocycles. The third-order valence-corrected chi connectivity index (χ3v) is 4.21. The van der Waals surface area contributed by atoms with Crippen molar-refractivity contribution in [3.05, 3.63) is 52.6 Å². The van der Waals surface area contributed by atoms with Gasteiger partial charge in [0.05, 0.1) is 0 Å². The third-order valence-electron chi connectivity index (χ3n) is 4.21. The number of amides is 1. The fourth-order valence-electron chi connectivity index (χ4n) is 3.01. The van der Waals surface area contributed by atoms with Crippen LogP contribution in [0.5, 0.6) is 0 Å². The van der Waals surface area contributed by atoms with Crippen LogP contribution in [-0.4, -0.2) is 12.5 Å². The van der Waals surface area contributed by atoms with E-state index in [0.717, 1.165) is 36.2 Å². The molecular formula is C17H19N3O. The molecule has 1 amide bonds. The molecule has 2 aromatic rings. The van der Waals surface area contributed by atoms with Crippen LogP contribution in [0.3, 0.4) is 0 Å². The molecule has 0 unspecified atom stereocenters. The van der Waals surface area contributed by atoms with Crippen molar-refractivity contribution in [2.24, 2.45) is 5.73 Å². The lowest BCUT2D eigenvalue weighted by atomic mass is 9.89. The van der Waals surface area contributed by atoms with Crippen LogP contribution in [0.25, 0.3) is 11.1 Å². The van der Waals surface area contributed by atoms with Crippen molar-refractivity contribution in [1.29, 1.82) is 0 Å². The lowest BCUT2D eigenvalue weighted by molar-refractivity contribution is 0.1000. The van der Waals surface area contributed by atoms with Gasteiger partial charge >= 0.3 is 0 Å². The van der Waals surface area contributed by atoms with Gasteiger partial charge in [-0.1, -0.05) is 24.3 Å². The van der Waals surface area contributed by atoms with Crippen LogP contribution in [0.1, 0.15) is 27.0 Å². The van der Waals surface area contributed by atoms with E-state index in [4.69, 9.17) is 11.5 Å². The van der Waals surface area contributed by atoms with Crippen LogP contribution < -0.4 is 16.8 Å². The van der Waals surface area contributed by atoms with E-state index >= 15 is 0 Å². The van der Waals surface area contributed by atoms with Crippen LogP contribution in [0.15, 0.2) is 30.3 Å². The Morgan fingerprint density at radius 2 is 2.00 bits per heavy atom. The van der Waals surface area contributed by atoms with Crippen molar-refractivity contribution in [2.75, 3.05) is 12.3 Å². The summed E-state index contributed by atoms with van der Waals surface area (Å²) in [6.45, 7) is 3.71. The van der Waals surface area contributed by atoms with Gasteiger partial charge in [0, 0.05) is 23.4 Å². The number of carbonyl (C=O) groups excluding carboxylic acids is 1. The number of nitrogens with two attached hydrogens (primary N) is 2. The highest BCUT2D eigenvalue weighted by Gasteiger charge is 2.17. The molecule has 4 heteroatoms. The predicted octanol–water partition coefficient (Wildman–Crippen LogP) is 1.99. The van der Waals surface area contributed by atoms with E-state index in [9.17, 15) is 4.79 Å². The van der Waals surface area contributed by atoms with Gasteiger partial charge in [-0.25, -0.2) is 0 Å². The van der Waals surface area contributed by atoms with Crippen LogP contribution in [-0.2, 0) is 13.0 Å². The van der Waals surface area contributed by atoms with E-state index in [0.29, 0.717) is 11.3 Å². The molecule has 1 aliphatic rings. The van der Waals surface area contributed by atoms with Gasteiger partial charge in [0.15, 0.2) is 0 Å². The Hall–Kier alpha value is -2.33. The molecule has 0 aromatic heterocycles. The summed E-state index contributed by atoms with van der Waals surface area (Å²) >= 11 is 0. The van der Waals surface area contributed by atoms with Crippen LogP contribution in [0.4, 0.5) is 5.69 Å². The minimum atomic E-state index is -0.440. The molecule has 108 valence electrons. The highest BCUT2D eigenvalue weighted by molar-refractivity contribution is 5.98. The molecule has 5 N–H and O–H groups in total. The topological polar surface area (TPSA) is 81.1 Å². The Kier molecular flexibility index (Phi) is 3.39. The fourth-order valence-corrected chi connectivity index (χ4v) is 3.01. The van der Waals surface area contributed by atoms with Crippen LogP contribution in [0.2, 0.25) is 0 Å². The molecule has 2 aromatic carbocycles. The largest absolute Gasteiger partial charge is 0.398 e. The van der Waals surface area contributed by atoms with E-state index in [1.807, 2.05) is 13.0 Å². The van der Waals surface area contributed by atoms with Gasteiger partial charge in [0.1, 0.15) is 0 Å². The summed E-state index contributed by atoms with van der Waals surface area (Å²) in [6.07, 6.45) is 0.988. The van der Waals surface area contributed by atoms with Crippen molar-refractivity contribution >= 4 is 11.6 Å². The molecule has 0 fully saturated rings. The quantitative estimate of drug-likeness (QED) is 0.736. The van der Waals surface area contributed by atoms with E-state index in [-0.39, 0.29) is 0 Å². The Morgan fingerprint density at radius 1 is 1.19 bits per heavy atom. The number of primary amides is 1. The minimum absolute atomic E-state index is 0.440. The lowest BCUT2D eigenvalue weighted by Crippen LogP contribution is -2.24. The zero-order valence-corrected chi connectivity index (χ0v) is 12.1. The number of fused-ring (bicyclic) bond motifs is 1. The molecular weight excluding hydrogens is 262 g/mol. The lowest BCUT2D eigenvalue weighted by Gasteiger charge is -2.22. The summed E-state index contributed by atoms with van der Waals surface area (Å²) in [4.78, 5) is 11.4. The maximum Gasteiger partial charge on any atom is 0.249 e. The summed E-state index contributed by atoms with van der Waals surface area (Å²) in [5.41, 5.74) is 18.3. The van der Waals surface area contributed by atoms with Gasteiger partial charge in [-0.3, -0.25) is 4.79 Å². The molecule has 3 rings (SSSR count). The van der Waals surface area contributed by atoms with Gasteiger partial charge in [-0.2, -0.15) is 0 Å². The second kappa shape index (κ2) is 5.22. The predicted molar refractivity (Wildman–Crippen MR) is 85.0 cm³/mol. The SMILES string of the molecule is Cc1c(C(N)=O)ccc(-c2cccc3c2CCNC3)c1N. The summed E-state index contributed by atoms with van der Waals surface area (Å²) in [6, 6.07) is 9.97. The summed E-state index contributed by atoms with van der Waals surface area (Å²) < 4.78 is 0. The molecule has 0 aliphatic carbocycles. The summed E-state index contributed by atoms with van der Waals surface area (Å²) in [5, 5.41) is 3.38. The molecule has 0 atom stereocenters. The second-order valence-electron chi connectivity index (χ2n) is 5.43. The summed E-state index contributed by atoms with van der Waals surface area (Å²) in [7, 11) is 0. The first-order chi connectivity index (χ1) is 10.1. The van der Waals surface area contributed by atoms with E-state index < -0.39 is 5.91 Å². The fraction of sp³-hybridized carbons (Fsp3) is 0.235. The molecule has 1 aliphatic heterocycles. The first-order valence-electron chi connectivity index (χ1n) is 7.10. The average molecular weight is 281 g/mol. The van der Waals surface area contributed by atoms with Crippen LogP contribution >= 0.6 is 0 Å². The number of nitrogen functional groups attached to an aromatic ring is 1. The zero-order chi connectivity index (χ0) is 15.0. The van der Waals surface area contributed by atoms with E-state index in [1.54, 1.807) is 6.07 Å². The van der Waals surface area contributed by atoms with E-state index in [1.165, 1.54) is 11.1 Å². The smallest absolute Gasteiger partial charge is 0.249 e. The molecule has 0 spiro atoms. The Bertz CT molecular complexity index is 722. The van der Waals surface area contributed by atoms with Crippen molar-refractivity contribution in [3.8, 4) is 11.1 Å². The number of nitrogens with one attached hydrogen (secondary N) is 1. The Labute approximate surface area is 124 Å². The van der Waals surface area contributed by atoms with Crippen molar-refractivity contribution in [1.82, 2.24) is 5.32 Å². The Morgan fingerprint density at radius 3 is 2.76 bits per heavy atom. The first-order valence-corrected chi connectivity index (χ1v) is 7.10. The third kappa shape index (κ3) is 2.28. The van der Waals surface area contributed by atoms with Gasteiger partial charge in [-0.05, 0) is 48.2 Å². The van der Waals surface area contributed by atoms with Gasteiger partial charge < -0.3 is 16.8 Å². The second-order valence-corrected chi connectivity index (χ2v) is 5.43. The summed E-state index contributed by atoms with van der Waals surface area (Å²) in [5.74, 6) is -0.440. The van der Waals surface area contributed by atoms with Gasteiger partial charge in [0.25, 0.3) is 0 Å². The minimum Gasteiger partial charge on any atom is -0.398 e. The molecule has 0 bridgehead atoms. The maximum absolute atomic E-state index is 11.4. The number of hydrogen-bond donors (Lipinski definition) is 3. The highest BCUT2D eigenvalue weighted by atomic mass is 16.1. The molecule has 0 radical (unpaired) electrons. The van der Waals surface area contributed by atoms with Gasteiger partial charge in [0.2, 0.25) is 5.91 Å². The first kappa shape index (κ1) is 13.6. The average Bonchev–Trinajstić information content (AvgIpc) is 2.49. The Balaban J connectivity index is 2.18. The van der Waals surface area contributed by atoms with Crippen molar-refractivity contribution in [2.45, 2.75) is 19.9 Å². The number of anilines is 1. The standard InChI is InChI=1S/C17H19N3O/c1-10-12(17(19)21)5-6-15(16(10)18)14-4-2-3-11-9-20-8-7-13(11)14/h2-6,20H,7-9,18H2,1H3,(H2,19,21). The van der Waals surface area contributed by atoms with Crippen molar-refractivity contribution < 1.29 is 4.79 Å². The molecule has 0 saturated carbocycles. The molecule has 1 heterocycles. The number of benzene rings is 2. The van der Waals surface area contributed by atoms with Crippen molar-refractivity contribution in [3.63, 3.8) is 0 Å². The normalized spacial score (nSPS) is 13.8. The van der Waals surface area contributed by atoms with E-state index in [2.05, 4.69) is 23.5 Å². The highest BCUT2D eigenvalue weighted by Crippen LogP contribution is 2.34. The molecule has 21 heavy (non-hydrogen) atoms. The monoisotopic (exact) mass is 281 g/mol. The van der Waals surface area contributed by atoms with Crippen LogP contribution in [0, 0.1) is 6.92 Å². The van der Waals surface area contributed by atoms with Gasteiger partial charge in [-0.15, -0.1) is 0 Å². The number of hydrogen-bond acceptors (Lipinski definition) is 3. The number of carbonyl (C=O) groups is 1. The molecule has 4 nitrogen and oxygen atoms in total. The zero-order valence-electron chi connectivity index (χ0n) is 12.1. The number of rotatable bonds is 2.